The summed E-state index contributed by atoms with van der Waals surface area (Å²) in [5, 5.41) is 12.2. The molecular weight excluding hydrogens is 254 g/mol. The highest BCUT2D eigenvalue weighted by Crippen LogP contribution is 2.69. The lowest BCUT2D eigenvalue weighted by Crippen LogP contribution is -2.35. The molecule has 0 aromatic heterocycles. The Hall–Kier alpha value is -1.06. The van der Waals surface area contributed by atoms with Crippen LogP contribution in [0.15, 0.2) is 0 Å². The summed E-state index contributed by atoms with van der Waals surface area (Å²) in [6, 6.07) is 0. The third-order valence-electron chi connectivity index (χ3n) is 6.55. The fourth-order valence-electron chi connectivity index (χ4n) is 5.63. The van der Waals surface area contributed by atoms with Crippen molar-refractivity contribution in [3.8, 4) is 0 Å². The molecule has 0 spiro atoms. The van der Waals surface area contributed by atoms with Crippen molar-refractivity contribution in [2.75, 3.05) is 6.54 Å². The SMILES string of the molecule is O=C(O)C1CCCC1CNC(=O)C1C2C3CCC(C3)C12. The predicted octanol–water partition coefficient (Wildman–Crippen LogP) is 1.90. The highest BCUT2D eigenvalue weighted by Gasteiger charge is 2.67. The number of hydrogen-bond donors (Lipinski definition) is 2. The van der Waals surface area contributed by atoms with Gasteiger partial charge in [-0.2, -0.15) is 0 Å². The number of carboxylic acids is 1. The Labute approximate surface area is 119 Å². The quantitative estimate of drug-likeness (QED) is 0.824. The van der Waals surface area contributed by atoms with Crippen LogP contribution in [0.2, 0.25) is 0 Å². The molecule has 4 fully saturated rings. The molecule has 0 heterocycles. The number of aliphatic carboxylic acids is 1. The molecule has 1 amide bonds. The number of nitrogens with one attached hydrogen (secondary N) is 1. The van der Waals surface area contributed by atoms with Gasteiger partial charge in [0.15, 0.2) is 0 Å². The zero-order chi connectivity index (χ0) is 13.9. The van der Waals surface area contributed by atoms with Gasteiger partial charge in [0.05, 0.1) is 5.92 Å². The molecule has 4 saturated carbocycles. The van der Waals surface area contributed by atoms with Crippen LogP contribution in [0.1, 0.15) is 38.5 Å². The van der Waals surface area contributed by atoms with E-state index in [4.69, 9.17) is 5.11 Å². The minimum Gasteiger partial charge on any atom is -0.481 e. The van der Waals surface area contributed by atoms with Crippen molar-refractivity contribution in [3.63, 3.8) is 0 Å². The second-order valence-corrected chi connectivity index (χ2v) is 7.39. The summed E-state index contributed by atoms with van der Waals surface area (Å²) < 4.78 is 0. The summed E-state index contributed by atoms with van der Waals surface area (Å²) in [6.07, 6.45) is 6.73. The highest BCUT2D eigenvalue weighted by atomic mass is 16.4. The summed E-state index contributed by atoms with van der Waals surface area (Å²) >= 11 is 0. The molecule has 2 N–H and O–H groups in total. The predicted molar refractivity (Wildman–Crippen MR) is 72.8 cm³/mol. The second-order valence-electron chi connectivity index (χ2n) is 7.39. The Bertz CT molecular complexity index is 433. The van der Waals surface area contributed by atoms with Crippen LogP contribution in [0.3, 0.4) is 0 Å². The van der Waals surface area contributed by atoms with Gasteiger partial charge in [-0.15, -0.1) is 0 Å². The number of hydrogen-bond acceptors (Lipinski definition) is 2. The zero-order valence-corrected chi connectivity index (χ0v) is 11.8. The lowest BCUT2D eigenvalue weighted by molar-refractivity contribution is -0.143. The van der Waals surface area contributed by atoms with Crippen LogP contribution >= 0.6 is 0 Å². The molecule has 0 saturated heterocycles. The Balaban J connectivity index is 1.30. The van der Waals surface area contributed by atoms with E-state index in [0.717, 1.165) is 31.1 Å². The van der Waals surface area contributed by atoms with Crippen LogP contribution in [-0.4, -0.2) is 23.5 Å². The van der Waals surface area contributed by atoms with Crippen molar-refractivity contribution in [3.05, 3.63) is 0 Å². The first-order valence-corrected chi connectivity index (χ1v) is 8.17. The van der Waals surface area contributed by atoms with E-state index in [-0.39, 0.29) is 23.7 Å². The van der Waals surface area contributed by atoms with Gasteiger partial charge in [0.1, 0.15) is 0 Å². The number of carbonyl (C=O) groups is 2. The van der Waals surface area contributed by atoms with Crippen molar-refractivity contribution >= 4 is 11.9 Å². The molecule has 0 radical (unpaired) electrons. The minimum absolute atomic E-state index is 0.145. The third-order valence-corrected chi connectivity index (χ3v) is 6.55. The first kappa shape index (κ1) is 12.7. The summed E-state index contributed by atoms with van der Waals surface area (Å²) in [6.45, 7) is 0.571. The number of fused-ring (bicyclic) bond motifs is 5. The summed E-state index contributed by atoms with van der Waals surface area (Å²) in [7, 11) is 0. The number of rotatable bonds is 4. The van der Waals surface area contributed by atoms with Gasteiger partial charge in [0.25, 0.3) is 0 Å². The first-order chi connectivity index (χ1) is 9.66. The molecule has 110 valence electrons. The highest BCUT2D eigenvalue weighted by molar-refractivity contribution is 5.83. The zero-order valence-electron chi connectivity index (χ0n) is 11.8. The maximum absolute atomic E-state index is 12.3. The molecule has 4 rings (SSSR count). The molecule has 20 heavy (non-hydrogen) atoms. The van der Waals surface area contributed by atoms with E-state index in [9.17, 15) is 9.59 Å². The summed E-state index contributed by atoms with van der Waals surface area (Å²) in [5.74, 6) is 2.68. The van der Waals surface area contributed by atoms with Crippen molar-refractivity contribution < 1.29 is 14.7 Å². The van der Waals surface area contributed by atoms with E-state index < -0.39 is 5.97 Å². The monoisotopic (exact) mass is 277 g/mol. The van der Waals surface area contributed by atoms with Crippen molar-refractivity contribution in [2.45, 2.75) is 38.5 Å². The van der Waals surface area contributed by atoms with E-state index in [1.807, 2.05) is 0 Å². The fraction of sp³-hybridized carbons (Fsp3) is 0.875. The molecule has 0 aliphatic heterocycles. The van der Waals surface area contributed by atoms with Gasteiger partial charge in [0.2, 0.25) is 5.91 Å². The van der Waals surface area contributed by atoms with Crippen LogP contribution in [0, 0.1) is 41.4 Å². The third kappa shape index (κ3) is 1.80. The van der Waals surface area contributed by atoms with Gasteiger partial charge in [-0.05, 0) is 61.7 Å². The van der Waals surface area contributed by atoms with Crippen LogP contribution < -0.4 is 5.32 Å². The second kappa shape index (κ2) is 4.47. The van der Waals surface area contributed by atoms with Gasteiger partial charge in [-0.25, -0.2) is 0 Å². The molecular formula is C16H23NO3. The fourth-order valence-corrected chi connectivity index (χ4v) is 5.63. The summed E-state index contributed by atoms with van der Waals surface area (Å²) in [4.78, 5) is 23.5. The number of carboxylic acid groups (broad SMARTS) is 1. The molecule has 4 aliphatic carbocycles. The Morgan fingerprint density at radius 3 is 2.40 bits per heavy atom. The minimum atomic E-state index is -0.692. The molecule has 6 unspecified atom stereocenters. The maximum Gasteiger partial charge on any atom is 0.306 e. The average molecular weight is 277 g/mol. The topological polar surface area (TPSA) is 66.4 Å². The van der Waals surface area contributed by atoms with E-state index in [2.05, 4.69) is 5.32 Å². The average Bonchev–Trinajstić information content (AvgIpc) is 2.83. The molecule has 6 atom stereocenters. The Kier molecular flexibility index (Phi) is 2.83. The van der Waals surface area contributed by atoms with E-state index in [1.54, 1.807) is 0 Å². The van der Waals surface area contributed by atoms with Gasteiger partial charge >= 0.3 is 5.97 Å². The van der Waals surface area contributed by atoms with Crippen molar-refractivity contribution in [1.29, 1.82) is 0 Å². The lowest BCUT2D eigenvalue weighted by Gasteiger charge is -2.17. The van der Waals surface area contributed by atoms with Gasteiger partial charge < -0.3 is 10.4 Å². The Morgan fingerprint density at radius 1 is 1.05 bits per heavy atom. The van der Waals surface area contributed by atoms with Crippen LogP contribution in [-0.2, 0) is 9.59 Å². The van der Waals surface area contributed by atoms with Crippen molar-refractivity contribution in [1.82, 2.24) is 5.32 Å². The largest absolute Gasteiger partial charge is 0.481 e. The van der Waals surface area contributed by atoms with E-state index >= 15 is 0 Å². The smallest absolute Gasteiger partial charge is 0.306 e. The lowest BCUT2D eigenvalue weighted by atomic mass is 9.96. The molecule has 4 nitrogen and oxygen atoms in total. The first-order valence-electron chi connectivity index (χ1n) is 8.17. The molecule has 2 bridgehead atoms. The van der Waals surface area contributed by atoms with Crippen LogP contribution in [0.25, 0.3) is 0 Å². The van der Waals surface area contributed by atoms with Crippen LogP contribution in [0.5, 0.6) is 0 Å². The number of amides is 1. The van der Waals surface area contributed by atoms with E-state index in [1.165, 1.54) is 19.3 Å². The summed E-state index contributed by atoms with van der Waals surface area (Å²) in [5.41, 5.74) is 0. The van der Waals surface area contributed by atoms with Crippen molar-refractivity contribution in [2.24, 2.45) is 41.4 Å². The molecule has 0 aromatic carbocycles. The molecule has 4 aliphatic rings. The normalized spacial score (nSPS) is 48.1. The van der Waals surface area contributed by atoms with Crippen LogP contribution in [0.4, 0.5) is 0 Å². The van der Waals surface area contributed by atoms with E-state index in [0.29, 0.717) is 18.4 Å². The maximum atomic E-state index is 12.3. The van der Waals surface area contributed by atoms with Gasteiger partial charge in [-0.1, -0.05) is 6.42 Å². The molecule has 0 aromatic rings. The Morgan fingerprint density at radius 2 is 1.75 bits per heavy atom. The standard InChI is InChI=1S/C16H23NO3/c18-15(14-12-8-4-5-9(6-8)13(12)14)17-7-10-2-1-3-11(10)16(19)20/h8-14H,1-7H2,(H,17,18)(H,19,20). The van der Waals surface area contributed by atoms with Gasteiger partial charge in [-0.3, -0.25) is 9.59 Å². The number of carbonyl (C=O) groups excluding carboxylic acids is 1. The van der Waals surface area contributed by atoms with Gasteiger partial charge in [0, 0.05) is 12.5 Å². The molecule has 4 heteroatoms.